The molecule has 4 nitrogen and oxygen atoms in total. The second-order valence-corrected chi connectivity index (χ2v) is 6.93. The summed E-state index contributed by atoms with van der Waals surface area (Å²) in [5.74, 6) is 0.0144. The van der Waals surface area contributed by atoms with E-state index in [0.717, 1.165) is 16.5 Å². The van der Waals surface area contributed by atoms with Crippen molar-refractivity contribution >= 4 is 27.7 Å². The van der Waals surface area contributed by atoms with E-state index in [0.29, 0.717) is 27.7 Å². The summed E-state index contributed by atoms with van der Waals surface area (Å²) in [6.07, 6.45) is 0. The van der Waals surface area contributed by atoms with E-state index < -0.39 is 5.63 Å². The molecule has 5 rings (SSSR count). The Morgan fingerprint density at radius 1 is 0.828 bits per heavy atom. The summed E-state index contributed by atoms with van der Waals surface area (Å²) in [5, 5.41) is 1.45. The van der Waals surface area contributed by atoms with Gasteiger partial charge in [-0.2, -0.15) is 0 Å². The first-order valence-electron chi connectivity index (χ1n) is 9.28. The van der Waals surface area contributed by atoms with Gasteiger partial charge < -0.3 is 8.83 Å². The van der Waals surface area contributed by atoms with E-state index >= 15 is 0 Å². The van der Waals surface area contributed by atoms with Gasteiger partial charge in [-0.15, -0.1) is 0 Å². The number of fused-ring (bicyclic) bond motifs is 3. The Morgan fingerprint density at radius 3 is 2.24 bits per heavy atom. The number of hydrogen-bond acceptors (Lipinski definition) is 4. The molecule has 0 amide bonds. The Labute approximate surface area is 166 Å². The van der Waals surface area contributed by atoms with Crippen LogP contribution >= 0.6 is 0 Å². The molecule has 2 heterocycles. The standard InChI is InChI=1S/C25H16O4/c1-15-14-19-22(24-18(15)12-13-20(26)29-24)21(16-8-4-2-5-9-16)25(28-19)23(27)17-10-6-3-7-11-17/h2-14H,1H3. The van der Waals surface area contributed by atoms with Crippen molar-refractivity contribution in [3.05, 3.63) is 106 Å². The molecule has 0 N–H and O–H groups in total. The van der Waals surface area contributed by atoms with Gasteiger partial charge in [0.05, 0.1) is 5.39 Å². The molecule has 2 aromatic heterocycles. The fourth-order valence-corrected chi connectivity index (χ4v) is 3.72. The molecule has 0 spiro atoms. The maximum atomic E-state index is 13.3. The van der Waals surface area contributed by atoms with Crippen LogP contribution in [-0.2, 0) is 0 Å². The summed E-state index contributed by atoms with van der Waals surface area (Å²) in [7, 11) is 0. The zero-order valence-corrected chi connectivity index (χ0v) is 15.6. The molecule has 0 atom stereocenters. The lowest BCUT2D eigenvalue weighted by molar-refractivity contribution is 0.101. The molecule has 3 aromatic carbocycles. The lowest BCUT2D eigenvalue weighted by Gasteiger charge is -2.05. The molecule has 0 saturated heterocycles. The highest BCUT2D eigenvalue weighted by Gasteiger charge is 2.26. The fourth-order valence-electron chi connectivity index (χ4n) is 3.72. The normalized spacial score (nSPS) is 11.2. The van der Waals surface area contributed by atoms with Crippen LogP contribution in [0.5, 0.6) is 0 Å². The van der Waals surface area contributed by atoms with Gasteiger partial charge in [0.1, 0.15) is 11.2 Å². The molecule has 0 radical (unpaired) electrons. The van der Waals surface area contributed by atoms with E-state index in [4.69, 9.17) is 8.83 Å². The maximum absolute atomic E-state index is 13.3. The molecule has 0 bridgehead atoms. The van der Waals surface area contributed by atoms with Gasteiger partial charge in [-0.05, 0) is 30.2 Å². The van der Waals surface area contributed by atoms with Gasteiger partial charge in [-0.25, -0.2) is 4.79 Å². The molecule has 0 aliphatic heterocycles. The van der Waals surface area contributed by atoms with Crippen LogP contribution in [0.25, 0.3) is 33.1 Å². The third-order valence-electron chi connectivity index (χ3n) is 5.07. The van der Waals surface area contributed by atoms with Gasteiger partial charge in [-0.1, -0.05) is 60.7 Å². The Kier molecular flexibility index (Phi) is 3.91. The summed E-state index contributed by atoms with van der Waals surface area (Å²) in [4.78, 5) is 25.3. The highest BCUT2D eigenvalue weighted by molar-refractivity contribution is 6.20. The lowest BCUT2D eigenvalue weighted by atomic mass is 9.96. The average Bonchev–Trinajstić information content (AvgIpc) is 3.14. The zero-order chi connectivity index (χ0) is 20.0. The Morgan fingerprint density at radius 2 is 1.52 bits per heavy atom. The molecule has 5 aromatic rings. The highest BCUT2D eigenvalue weighted by Crippen LogP contribution is 2.40. The molecule has 4 heteroatoms. The molecule has 0 aliphatic rings. The van der Waals surface area contributed by atoms with Crippen molar-refractivity contribution in [1.82, 2.24) is 0 Å². The van der Waals surface area contributed by atoms with Gasteiger partial charge in [-0.3, -0.25) is 4.79 Å². The second-order valence-electron chi connectivity index (χ2n) is 6.93. The molecule has 140 valence electrons. The summed E-state index contributed by atoms with van der Waals surface area (Å²) >= 11 is 0. The summed E-state index contributed by atoms with van der Waals surface area (Å²) in [5.41, 5.74) is 3.40. The van der Waals surface area contributed by atoms with E-state index in [1.807, 2.05) is 61.5 Å². The van der Waals surface area contributed by atoms with Crippen molar-refractivity contribution in [3.8, 4) is 11.1 Å². The van der Waals surface area contributed by atoms with Gasteiger partial charge in [0.2, 0.25) is 5.78 Å². The second kappa shape index (κ2) is 6.60. The number of carbonyl (C=O) groups is 1. The van der Waals surface area contributed by atoms with E-state index in [2.05, 4.69) is 0 Å². The number of hydrogen-bond donors (Lipinski definition) is 0. The summed E-state index contributed by atoms with van der Waals surface area (Å²) in [6.45, 7) is 1.92. The van der Waals surface area contributed by atoms with E-state index in [1.165, 1.54) is 6.07 Å². The molecule has 0 fully saturated rings. The number of ketones is 1. The number of furan rings is 1. The van der Waals surface area contributed by atoms with Crippen LogP contribution < -0.4 is 5.63 Å². The van der Waals surface area contributed by atoms with Crippen molar-refractivity contribution in [2.45, 2.75) is 6.92 Å². The first-order valence-corrected chi connectivity index (χ1v) is 9.28. The monoisotopic (exact) mass is 380 g/mol. The summed E-state index contributed by atoms with van der Waals surface area (Å²) in [6, 6.07) is 23.6. The van der Waals surface area contributed by atoms with Gasteiger partial charge in [0, 0.05) is 22.6 Å². The molecule has 29 heavy (non-hydrogen) atoms. The SMILES string of the molecule is Cc1cc2oc(C(=O)c3ccccc3)c(-c3ccccc3)c2c2oc(=O)ccc12. The minimum absolute atomic E-state index is 0.218. The number of benzene rings is 3. The van der Waals surface area contributed by atoms with Crippen molar-refractivity contribution in [3.63, 3.8) is 0 Å². The first-order chi connectivity index (χ1) is 14.1. The van der Waals surface area contributed by atoms with E-state index in [-0.39, 0.29) is 11.5 Å². The maximum Gasteiger partial charge on any atom is 0.336 e. The third-order valence-corrected chi connectivity index (χ3v) is 5.07. The zero-order valence-electron chi connectivity index (χ0n) is 15.6. The molecule has 0 aliphatic carbocycles. The largest absolute Gasteiger partial charge is 0.452 e. The highest BCUT2D eigenvalue weighted by atomic mass is 16.4. The van der Waals surface area contributed by atoms with Crippen LogP contribution in [0.4, 0.5) is 0 Å². The van der Waals surface area contributed by atoms with E-state index in [9.17, 15) is 9.59 Å². The smallest absolute Gasteiger partial charge is 0.336 e. The lowest BCUT2D eigenvalue weighted by Crippen LogP contribution is -2.01. The van der Waals surface area contributed by atoms with Crippen LogP contribution in [0, 0.1) is 6.92 Å². The van der Waals surface area contributed by atoms with Crippen molar-refractivity contribution < 1.29 is 13.6 Å². The van der Waals surface area contributed by atoms with Gasteiger partial charge >= 0.3 is 5.63 Å². The van der Waals surface area contributed by atoms with Gasteiger partial charge in [0.25, 0.3) is 0 Å². The molecule has 0 unspecified atom stereocenters. The Bertz CT molecular complexity index is 1420. The van der Waals surface area contributed by atoms with Crippen molar-refractivity contribution in [1.29, 1.82) is 0 Å². The van der Waals surface area contributed by atoms with Crippen molar-refractivity contribution in [2.75, 3.05) is 0 Å². The van der Waals surface area contributed by atoms with Crippen LogP contribution in [0.1, 0.15) is 21.7 Å². The first kappa shape index (κ1) is 17.2. The van der Waals surface area contributed by atoms with Gasteiger partial charge in [0.15, 0.2) is 5.76 Å². The van der Waals surface area contributed by atoms with E-state index in [1.54, 1.807) is 18.2 Å². The Hall–Kier alpha value is -3.92. The predicted molar refractivity (Wildman–Crippen MR) is 112 cm³/mol. The number of rotatable bonds is 3. The minimum Gasteiger partial charge on any atom is -0.452 e. The molecular weight excluding hydrogens is 364 g/mol. The third kappa shape index (κ3) is 2.77. The fraction of sp³-hybridized carbons (Fsp3) is 0.0400. The van der Waals surface area contributed by atoms with Crippen molar-refractivity contribution in [2.24, 2.45) is 0 Å². The Balaban J connectivity index is 1.94. The molecular formula is C25H16O4. The average molecular weight is 380 g/mol. The van der Waals surface area contributed by atoms with Crippen LogP contribution in [0.2, 0.25) is 0 Å². The quantitative estimate of drug-likeness (QED) is 0.295. The van der Waals surface area contributed by atoms with Crippen LogP contribution in [0.15, 0.2) is 92.5 Å². The number of carbonyl (C=O) groups excluding carboxylic acids is 1. The summed E-state index contributed by atoms with van der Waals surface area (Å²) < 4.78 is 11.7. The predicted octanol–water partition coefficient (Wildman–Crippen LogP) is 5.75. The van der Waals surface area contributed by atoms with Crippen LogP contribution in [-0.4, -0.2) is 5.78 Å². The topological polar surface area (TPSA) is 60.4 Å². The number of aryl methyl sites for hydroxylation is 1. The van der Waals surface area contributed by atoms with Crippen LogP contribution in [0.3, 0.4) is 0 Å². The molecule has 0 saturated carbocycles. The minimum atomic E-state index is -0.444.